The molecule has 0 amide bonds. The Morgan fingerprint density at radius 2 is 2.33 bits per heavy atom. The fourth-order valence-electron chi connectivity index (χ4n) is 2.24. The number of benzene rings is 1. The molecule has 2 rings (SSSR count). The third-order valence-corrected chi connectivity index (χ3v) is 3.35. The van der Waals surface area contributed by atoms with Crippen LogP contribution in [-0.4, -0.2) is 26.3 Å². The van der Waals surface area contributed by atoms with E-state index in [4.69, 9.17) is 15.7 Å². The molecule has 0 radical (unpaired) electrons. The minimum Gasteiger partial charge on any atom is -0.398 e. The molecule has 4 heteroatoms. The average Bonchev–Trinajstić information content (AvgIpc) is 2.40. The number of nitrogens with zero attached hydrogens (tertiary/aromatic N) is 2. The van der Waals surface area contributed by atoms with Crippen LogP contribution in [0.25, 0.3) is 0 Å². The average molecular weight is 245 g/mol. The molecule has 1 aliphatic rings. The van der Waals surface area contributed by atoms with Gasteiger partial charge in [0.15, 0.2) is 0 Å². The number of nitrogen functional groups attached to an aromatic ring is 1. The van der Waals surface area contributed by atoms with Crippen molar-refractivity contribution < 1.29 is 4.74 Å². The van der Waals surface area contributed by atoms with E-state index in [0.717, 1.165) is 25.3 Å². The predicted molar refractivity (Wildman–Crippen MR) is 72.4 cm³/mol. The zero-order chi connectivity index (χ0) is 13.0. The molecule has 1 aliphatic heterocycles. The molecule has 1 fully saturated rings. The molecule has 1 atom stereocenters. The van der Waals surface area contributed by atoms with Crippen molar-refractivity contribution >= 4 is 11.4 Å². The monoisotopic (exact) mass is 245 g/mol. The van der Waals surface area contributed by atoms with Gasteiger partial charge in [0.05, 0.1) is 11.7 Å². The Kier molecular flexibility index (Phi) is 4.06. The van der Waals surface area contributed by atoms with Crippen LogP contribution in [0.5, 0.6) is 0 Å². The second-order valence-corrected chi connectivity index (χ2v) is 4.75. The second kappa shape index (κ2) is 5.74. The summed E-state index contributed by atoms with van der Waals surface area (Å²) >= 11 is 0. The smallest absolute Gasteiger partial charge is 0.101 e. The molecule has 0 aliphatic carbocycles. The highest BCUT2D eigenvalue weighted by molar-refractivity contribution is 5.62. The summed E-state index contributed by atoms with van der Waals surface area (Å²) in [5.74, 6) is 0. The Morgan fingerprint density at radius 1 is 1.50 bits per heavy atom. The van der Waals surface area contributed by atoms with Crippen molar-refractivity contribution in [1.29, 1.82) is 5.26 Å². The van der Waals surface area contributed by atoms with Crippen LogP contribution in [-0.2, 0) is 4.74 Å². The highest BCUT2D eigenvalue weighted by Gasteiger charge is 2.16. The summed E-state index contributed by atoms with van der Waals surface area (Å²) in [6.45, 7) is 1.72. The van der Waals surface area contributed by atoms with E-state index in [1.54, 1.807) is 6.07 Å². The van der Waals surface area contributed by atoms with Crippen LogP contribution < -0.4 is 10.6 Å². The zero-order valence-corrected chi connectivity index (χ0v) is 10.7. The zero-order valence-electron chi connectivity index (χ0n) is 10.7. The molecule has 2 N–H and O–H groups in total. The molecular formula is C14H19N3O. The lowest BCUT2D eigenvalue weighted by atomic mass is 10.1. The first-order chi connectivity index (χ1) is 8.70. The SMILES string of the molecule is CN(CC1CCCCO1)c1ccc(N)c(C#N)c1. The summed E-state index contributed by atoms with van der Waals surface area (Å²) in [6.07, 6.45) is 3.82. The second-order valence-electron chi connectivity index (χ2n) is 4.75. The number of rotatable bonds is 3. The summed E-state index contributed by atoms with van der Waals surface area (Å²) in [4.78, 5) is 2.12. The first-order valence-electron chi connectivity index (χ1n) is 6.33. The number of hydrogen-bond donors (Lipinski definition) is 1. The Labute approximate surface area is 108 Å². The van der Waals surface area contributed by atoms with Gasteiger partial charge in [-0.05, 0) is 37.5 Å². The van der Waals surface area contributed by atoms with Crippen LogP contribution >= 0.6 is 0 Å². The van der Waals surface area contributed by atoms with Gasteiger partial charge in [-0.25, -0.2) is 0 Å². The molecule has 1 unspecified atom stereocenters. The fraction of sp³-hybridized carbons (Fsp3) is 0.500. The number of nitrogens with two attached hydrogens (primary N) is 1. The van der Waals surface area contributed by atoms with Crippen molar-refractivity contribution in [2.75, 3.05) is 30.8 Å². The van der Waals surface area contributed by atoms with Gasteiger partial charge in [0, 0.05) is 31.6 Å². The maximum absolute atomic E-state index is 8.97. The Morgan fingerprint density at radius 3 is 3.00 bits per heavy atom. The summed E-state index contributed by atoms with van der Waals surface area (Å²) in [6, 6.07) is 7.67. The molecule has 18 heavy (non-hydrogen) atoms. The molecule has 1 aromatic rings. The van der Waals surface area contributed by atoms with Crippen LogP contribution in [0.15, 0.2) is 18.2 Å². The molecule has 1 aromatic carbocycles. The van der Waals surface area contributed by atoms with Gasteiger partial charge in [-0.3, -0.25) is 0 Å². The van der Waals surface area contributed by atoms with E-state index >= 15 is 0 Å². The van der Waals surface area contributed by atoms with Gasteiger partial charge in [0.2, 0.25) is 0 Å². The standard InChI is InChI=1S/C14H19N3O/c1-17(10-13-4-2-3-7-18-13)12-5-6-14(16)11(8-12)9-15/h5-6,8,13H,2-4,7,10,16H2,1H3. The van der Waals surface area contributed by atoms with Gasteiger partial charge in [0.1, 0.15) is 6.07 Å². The van der Waals surface area contributed by atoms with Crippen LogP contribution in [0.1, 0.15) is 24.8 Å². The fourth-order valence-corrected chi connectivity index (χ4v) is 2.24. The van der Waals surface area contributed by atoms with Crippen LogP contribution in [0.3, 0.4) is 0 Å². The molecule has 0 bridgehead atoms. The summed E-state index contributed by atoms with van der Waals surface area (Å²) in [5, 5.41) is 8.97. The quantitative estimate of drug-likeness (QED) is 0.829. The first kappa shape index (κ1) is 12.7. The van der Waals surface area contributed by atoms with Crippen molar-refractivity contribution in [3.63, 3.8) is 0 Å². The van der Waals surface area contributed by atoms with Crippen LogP contribution in [0.4, 0.5) is 11.4 Å². The van der Waals surface area contributed by atoms with Crippen molar-refractivity contribution in [3.05, 3.63) is 23.8 Å². The van der Waals surface area contributed by atoms with E-state index in [0.29, 0.717) is 17.4 Å². The highest BCUT2D eigenvalue weighted by Crippen LogP contribution is 2.21. The van der Waals surface area contributed by atoms with E-state index < -0.39 is 0 Å². The summed E-state index contributed by atoms with van der Waals surface area (Å²) in [7, 11) is 2.02. The van der Waals surface area contributed by atoms with Crippen molar-refractivity contribution in [2.24, 2.45) is 0 Å². The normalized spacial score (nSPS) is 19.2. The lowest BCUT2D eigenvalue weighted by Crippen LogP contribution is -2.33. The third kappa shape index (κ3) is 2.93. The van der Waals surface area contributed by atoms with Gasteiger partial charge in [-0.15, -0.1) is 0 Å². The molecule has 1 heterocycles. The van der Waals surface area contributed by atoms with Crippen molar-refractivity contribution in [3.8, 4) is 6.07 Å². The van der Waals surface area contributed by atoms with E-state index in [1.165, 1.54) is 12.8 Å². The summed E-state index contributed by atoms with van der Waals surface area (Å²) < 4.78 is 5.72. The molecule has 0 saturated carbocycles. The third-order valence-electron chi connectivity index (χ3n) is 3.35. The van der Waals surface area contributed by atoms with E-state index in [9.17, 15) is 0 Å². The predicted octanol–water partition coefficient (Wildman–Crippen LogP) is 2.15. The molecule has 0 spiro atoms. The Bertz CT molecular complexity index is 447. The first-order valence-corrected chi connectivity index (χ1v) is 6.33. The van der Waals surface area contributed by atoms with E-state index in [-0.39, 0.29) is 0 Å². The minimum absolute atomic E-state index is 0.298. The van der Waals surface area contributed by atoms with E-state index in [1.807, 2.05) is 19.2 Å². The molecule has 96 valence electrons. The Hall–Kier alpha value is -1.73. The number of hydrogen-bond acceptors (Lipinski definition) is 4. The maximum Gasteiger partial charge on any atom is 0.101 e. The minimum atomic E-state index is 0.298. The number of nitriles is 1. The number of ether oxygens (including phenoxy) is 1. The largest absolute Gasteiger partial charge is 0.398 e. The highest BCUT2D eigenvalue weighted by atomic mass is 16.5. The molecule has 4 nitrogen and oxygen atoms in total. The van der Waals surface area contributed by atoms with Crippen molar-refractivity contribution in [2.45, 2.75) is 25.4 Å². The number of anilines is 2. The molecule has 0 aromatic heterocycles. The maximum atomic E-state index is 8.97. The van der Waals surface area contributed by atoms with Gasteiger partial charge in [0.25, 0.3) is 0 Å². The van der Waals surface area contributed by atoms with Gasteiger partial charge < -0.3 is 15.4 Å². The van der Waals surface area contributed by atoms with Crippen molar-refractivity contribution in [1.82, 2.24) is 0 Å². The van der Waals surface area contributed by atoms with Gasteiger partial charge >= 0.3 is 0 Å². The van der Waals surface area contributed by atoms with Gasteiger partial charge in [-0.2, -0.15) is 5.26 Å². The van der Waals surface area contributed by atoms with Gasteiger partial charge in [-0.1, -0.05) is 0 Å². The molecular weight excluding hydrogens is 226 g/mol. The Balaban J connectivity index is 2.04. The lowest BCUT2D eigenvalue weighted by molar-refractivity contribution is 0.0216. The van der Waals surface area contributed by atoms with E-state index in [2.05, 4.69) is 11.0 Å². The number of likely N-dealkylation sites (N-methyl/N-ethyl adjacent to an activating group) is 1. The van der Waals surface area contributed by atoms with Crippen LogP contribution in [0.2, 0.25) is 0 Å². The summed E-state index contributed by atoms with van der Waals surface area (Å²) in [5.41, 5.74) is 7.79. The lowest BCUT2D eigenvalue weighted by Gasteiger charge is -2.28. The van der Waals surface area contributed by atoms with Crippen LogP contribution in [0, 0.1) is 11.3 Å². The topological polar surface area (TPSA) is 62.3 Å². The molecule has 1 saturated heterocycles.